The quantitative estimate of drug-likeness (QED) is 0.856. The molecule has 16 heavy (non-hydrogen) atoms. The zero-order valence-electron chi connectivity index (χ0n) is 8.72. The highest BCUT2D eigenvalue weighted by atomic mass is 32.2. The Bertz CT molecular complexity index is 467. The molecule has 1 unspecified atom stereocenters. The van der Waals surface area contributed by atoms with Gasteiger partial charge in [0.05, 0.1) is 4.90 Å². The maximum Gasteiger partial charge on any atom is 0.238 e. The molecular formula is C10H14N2O2S2. The van der Waals surface area contributed by atoms with Crippen molar-refractivity contribution in [2.24, 2.45) is 5.14 Å². The van der Waals surface area contributed by atoms with Gasteiger partial charge in [-0.15, -0.1) is 0 Å². The highest BCUT2D eigenvalue weighted by Crippen LogP contribution is 2.22. The van der Waals surface area contributed by atoms with Gasteiger partial charge in [-0.25, -0.2) is 13.6 Å². The smallest absolute Gasteiger partial charge is 0.238 e. The molecule has 1 aliphatic rings. The minimum Gasteiger partial charge on any atom is -0.381 e. The predicted octanol–water partition coefficient (Wildman–Crippen LogP) is 1.25. The molecule has 1 aliphatic heterocycles. The van der Waals surface area contributed by atoms with E-state index in [4.69, 9.17) is 5.14 Å². The van der Waals surface area contributed by atoms with Gasteiger partial charge in [0.2, 0.25) is 10.0 Å². The number of primary sulfonamides is 1. The van der Waals surface area contributed by atoms with Crippen molar-refractivity contribution < 1.29 is 8.42 Å². The Kier molecular flexibility index (Phi) is 3.41. The summed E-state index contributed by atoms with van der Waals surface area (Å²) < 4.78 is 22.3. The molecule has 0 aromatic heterocycles. The van der Waals surface area contributed by atoms with E-state index in [1.807, 2.05) is 17.8 Å². The molecule has 0 radical (unpaired) electrons. The second-order valence-electron chi connectivity index (χ2n) is 3.78. The minimum absolute atomic E-state index is 0.156. The van der Waals surface area contributed by atoms with Gasteiger partial charge in [0.1, 0.15) is 0 Å². The lowest BCUT2D eigenvalue weighted by atomic mass is 10.2. The zero-order valence-corrected chi connectivity index (χ0v) is 10.4. The molecule has 0 bridgehead atoms. The van der Waals surface area contributed by atoms with E-state index in [2.05, 4.69) is 5.32 Å². The van der Waals surface area contributed by atoms with Crippen molar-refractivity contribution in [2.45, 2.75) is 17.4 Å². The summed E-state index contributed by atoms with van der Waals surface area (Å²) in [5, 5.41) is 8.39. The van der Waals surface area contributed by atoms with Crippen LogP contribution in [0.1, 0.15) is 6.42 Å². The van der Waals surface area contributed by atoms with E-state index in [-0.39, 0.29) is 4.90 Å². The molecule has 88 valence electrons. The van der Waals surface area contributed by atoms with Crippen LogP contribution >= 0.6 is 11.8 Å². The van der Waals surface area contributed by atoms with Gasteiger partial charge in [-0.05, 0) is 30.4 Å². The molecule has 1 saturated heterocycles. The lowest BCUT2D eigenvalue weighted by Crippen LogP contribution is -2.18. The van der Waals surface area contributed by atoms with Crippen molar-refractivity contribution in [2.75, 3.05) is 16.8 Å². The fourth-order valence-corrected chi connectivity index (χ4v) is 3.36. The number of anilines is 1. The Morgan fingerprint density at radius 2 is 2.25 bits per heavy atom. The summed E-state index contributed by atoms with van der Waals surface area (Å²) in [6, 6.07) is 7.07. The van der Waals surface area contributed by atoms with Gasteiger partial charge in [0.25, 0.3) is 0 Å². The van der Waals surface area contributed by atoms with E-state index in [0.717, 1.165) is 23.6 Å². The van der Waals surface area contributed by atoms with Crippen LogP contribution in [-0.2, 0) is 10.0 Å². The fraction of sp³-hybridized carbons (Fsp3) is 0.400. The highest BCUT2D eigenvalue weighted by molar-refractivity contribution is 7.99. The normalized spacial score (nSPS) is 20.9. The third kappa shape index (κ3) is 2.90. The minimum atomic E-state index is -3.60. The van der Waals surface area contributed by atoms with Gasteiger partial charge in [0, 0.05) is 17.5 Å². The Hall–Kier alpha value is -0.720. The van der Waals surface area contributed by atoms with E-state index in [1.165, 1.54) is 6.07 Å². The van der Waals surface area contributed by atoms with Gasteiger partial charge < -0.3 is 5.32 Å². The highest BCUT2D eigenvalue weighted by Gasteiger charge is 2.15. The van der Waals surface area contributed by atoms with Gasteiger partial charge in [-0.1, -0.05) is 6.07 Å². The van der Waals surface area contributed by atoms with Gasteiger partial charge in [-0.2, -0.15) is 11.8 Å². The van der Waals surface area contributed by atoms with Crippen LogP contribution in [-0.4, -0.2) is 26.0 Å². The number of thioether (sulfide) groups is 1. The van der Waals surface area contributed by atoms with Crippen LogP contribution in [0.2, 0.25) is 0 Å². The molecule has 2 rings (SSSR count). The molecule has 0 aliphatic carbocycles. The standard InChI is InChI=1S/C10H14N2O2S2/c11-16(13,14)10-3-1-2-8(6-10)12-9-4-5-15-7-9/h1-3,6,9,12H,4-5,7H2,(H2,11,13,14). The zero-order chi connectivity index (χ0) is 11.6. The number of benzene rings is 1. The monoisotopic (exact) mass is 258 g/mol. The Morgan fingerprint density at radius 3 is 2.88 bits per heavy atom. The Morgan fingerprint density at radius 1 is 1.44 bits per heavy atom. The second-order valence-corrected chi connectivity index (χ2v) is 6.49. The van der Waals surface area contributed by atoms with Crippen LogP contribution in [0.3, 0.4) is 0 Å². The molecule has 6 heteroatoms. The predicted molar refractivity (Wildman–Crippen MR) is 67.2 cm³/mol. The summed E-state index contributed by atoms with van der Waals surface area (Å²) in [7, 11) is -3.60. The third-order valence-corrected chi connectivity index (χ3v) is 4.54. The molecule has 1 fully saturated rings. The molecule has 0 saturated carbocycles. The average Bonchev–Trinajstić information content (AvgIpc) is 2.70. The number of nitrogens with one attached hydrogen (secondary N) is 1. The average molecular weight is 258 g/mol. The van der Waals surface area contributed by atoms with Gasteiger partial charge in [-0.3, -0.25) is 0 Å². The van der Waals surface area contributed by atoms with Crippen molar-refractivity contribution in [1.82, 2.24) is 0 Å². The van der Waals surface area contributed by atoms with E-state index in [9.17, 15) is 8.42 Å². The number of hydrogen-bond donors (Lipinski definition) is 2. The van der Waals surface area contributed by atoms with Crippen LogP contribution in [0.25, 0.3) is 0 Å². The van der Waals surface area contributed by atoms with Crippen molar-refractivity contribution in [3.8, 4) is 0 Å². The summed E-state index contributed by atoms with van der Waals surface area (Å²) >= 11 is 1.91. The summed E-state index contributed by atoms with van der Waals surface area (Å²) in [5.74, 6) is 2.23. The SMILES string of the molecule is NS(=O)(=O)c1cccc(NC2CCSC2)c1. The molecule has 0 spiro atoms. The number of nitrogens with two attached hydrogens (primary N) is 1. The van der Waals surface area contributed by atoms with Gasteiger partial charge >= 0.3 is 0 Å². The first-order valence-electron chi connectivity index (χ1n) is 5.03. The molecule has 4 nitrogen and oxygen atoms in total. The van der Waals surface area contributed by atoms with E-state index < -0.39 is 10.0 Å². The number of hydrogen-bond acceptors (Lipinski definition) is 4. The summed E-state index contributed by atoms with van der Waals surface area (Å²) in [5.41, 5.74) is 0.819. The molecule has 0 amide bonds. The maximum absolute atomic E-state index is 11.2. The molecule has 1 heterocycles. The van der Waals surface area contributed by atoms with Crippen molar-refractivity contribution >= 4 is 27.5 Å². The number of rotatable bonds is 3. The van der Waals surface area contributed by atoms with E-state index in [1.54, 1.807) is 12.1 Å². The topological polar surface area (TPSA) is 72.2 Å². The third-order valence-electron chi connectivity index (χ3n) is 2.46. The molecule has 1 aromatic carbocycles. The number of sulfonamides is 1. The lowest BCUT2D eigenvalue weighted by Gasteiger charge is -2.13. The summed E-state index contributed by atoms with van der Waals surface area (Å²) in [6.07, 6.45) is 1.12. The van der Waals surface area contributed by atoms with Crippen molar-refractivity contribution in [1.29, 1.82) is 0 Å². The lowest BCUT2D eigenvalue weighted by molar-refractivity contribution is 0.598. The first kappa shape index (κ1) is 11.8. The first-order valence-corrected chi connectivity index (χ1v) is 7.73. The van der Waals surface area contributed by atoms with Crippen molar-refractivity contribution in [3.63, 3.8) is 0 Å². The first-order chi connectivity index (χ1) is 7.55. The summed E-state index contributed by atoms with van der Waals surface area (Å²) in [6.45, 7) is 0. The van der Waals surface area contributed by atoms with Crippen LogP contribution in [0.5, 0.6) is 0 Å². The summed E-state index contributed by atoms with van der Waals surface area (Å²) in [4.78, 5) is 0.156. The Labute approximate surface area is 99.7 Å². The van der Waals surface area contributed by atoms with E-state index >= 15 is 0 Å². The molecule has 3 N–H and O–H groups in total. The van der Waals surface area contributed by atoms with Crippen molar-refractivity contribution in [3.05, 3.63) is 24.3 Å². The Balaban J connectivity index is 2.16. The largest absolute Gasteiger partial charge is 0.381 e. The van der Waals surface area contributed by atoms with Crippen LogP contribution in [0.15, 0.2) is 29.2 Å². The fourth-order valence-electron chi connectivity index (χ4n) is 1.65. The molecule has 1 atom stereocenters. The second kappa shape index (κ2) is 4.65. The van der Waals surface area contributed by atoms with E-state index in [0.29, 0.717) is 6.04 Å². The van der Waals surface area contributed by atoms with Crippen LogP contribution in [0.4, 0.5) is 5.69 Å². The maximum atomic E-state index is 11.2. The van der Waals surface area contributed by atoms with Crippen LogP contribution in [0, 0.1) is 0 Å². The van der Waals surface area contributed by atoms with Crippen LogP contribution < -0.4 is 10.5 Å². The molecular weight excluding hydrogens is 244 g/mol. The van der Waals surface area contributed by atoms with Gasteiger partial charge in [0.15, 0.2) is 0 Å². The molecule has 1 aromatic rings.